The van der Waals surface area contributed by atoms with E-state index >= 15 is 0 Å². The number of pyridine rings is 1. The monoisotopic (exact) mass is 588 g/mol. The fourth-order valence-corrected chi connectivity index (χ4v) is 5.66. The largest absolute Gasteiger partial charge is 0.368 e. The Labute approximate surface area is 247 Å². The van der Waals surface area contributed by atoms with E-state index < -0.39 is 11.4 Å². The van der Waals surface area contributed by atoms with Gasteiger partial charge in [-0.15, -0.1) is 0 Å². The van der Waals surface area contributed by atoms with Gasteiger partial charge in [0, 0.05) is 43.0 Å². The topological polar surface area (TPSA) is 165 Å². The summed E-state index contributed by atoms with van der Waals surface area (Å²) in [6, 6.07) is 5.10. The molecule has 1 fully saturated rings. The van der Waals surface area contributed by atoms with Gasteiger partial charge in [-0.3, -0.25) is 14.7 Å². The van der Waals surface area contributed by atoms with Crippen molar-refractivity contribution in [1.82, 2.24) is 40.2 Å². The van der Waals surface area contributed by atoms with Gasteiger partial charge >= 0.3 is 0 Å². The molecular formula is C29H33FN10O3. The number of carbonyl (C=O) groups excluding carboxylic acids is 2. The maximum Gasteiger partial charge on any atom is 0.252 e. The minimum Gasteiger partial charge on any atom is -0.368 e. The van der Waals surface area contributed by atoms with Gasteiger partial charge in [-0.25, -0.2) is 24.0 Å². The Morgan fingerprint density at radius 3 is 2.67 bits per heavy atom. The number of anilines is 3. The number of carbonyl (C=O) groups is 2. The minimum absolute atomic E-state index is 0.0250. The van der Waals surface area contributed by atoms with Crippen molar-refractivity contribution in [1.29, 1.82) is 0 Å². The number of hydrogen-bond acceptors (Lipinski definition) is 9. The highest BCUT2D eigenvalue weighted by Crippen LogP contribution is 2.41. The lowest BCUT2D eigenvalue weighted by Gasteiger charge is -2.38. The molecule has 1 atom stereocenters. The van der Waals surface area contributed by atoms with E-state index in [0.29, 0.717) is 67.6 Å². The van der Waals surface area contributed by atoms with Gasteiger partial charge in [0.2, 0.25) is 5.91 Å². The quantitative estimate of drug-likeness (QED) is 0.240. The van der Waals surface area contributed by atoms with Crippen LogP contribution in [0.3, 0.4) is 0 Å². The molecule has 14 heteroatoms. The lowest BCUT2D eigenvalue weighted by Crippen LogP contribution is -2.51. The van der Waals surface area contributed by atoms with Crippen molar-refractivity contribution in [3.8, 4) is 5.82 Å². The Morgan fingerprint density at radius 1 is 1.21 bits per heavy atom. The molecule has 1 aliphatic carbocycles. The summed E-state index contributed by atoms with van der Waals surface area (Å²) in [4.78, 5) is 39.7. The molecule has 0 unspecified atom stereocenters. The first-order chi connectivity index (χ1) is 20.7. The van der Waals surface area contributed by atoms with Crippen LogP contribution >= 0.6 is 0 Å². The fourth-order valence-electron chi connectivity index (χ4n) is 5.66. The first-order valence-electron chi connectivity index (χ1n) is 14.3. The van der Waals surface area contributed by atoms with Crippen LogP contribution in [-0.4, -0.2) is 59.5 Å². The van der Waals surface area contributed by atoms with Gasteiger partial charge in [0.1, 0.15) is 23.1 Å². The van der Waals surface area contributed by atoms with Gasteiger partial charge < -0.3 is 20.7 Å². The van der Waals surface area contributed by atoms with Crippen molar-refractivity contribution in [2.24, 2.45) is 0 Å². The molecule has 4 aromatic heterocycles. The van der Waals surface area contributed by atoms with E-state index in [2.05, 4.69) is 36.2 Å². The van der Waals surface area contributed by atoms with Gasteiger partial charge in [0.05, 0.1) is 18.4 Å². The second-order valence-electron chi connectivity index (χ2n) is 11.1. The summed E-state index contributed by atoms with van der Waals surface area (Å²) in [5.41, 5.74) is 1.55. The lowest BCUT2D eigenvalue weighted by molar-refractivity contribution is -0.148. The molecule has 0 spiro atoms. The second kappa shape index (κ2) is 11.5. The molecule has 0 bridgehead atoms. The van der Waals surface area contributed by atoms with Crippen LogP contribution in [-0.2, 0) is 20.7 Å². The van der Waals surface area contributed by atoms with Crippen LogP contribution in [0.5, 0.6) is 0 Å². The van der Waals surface area contributed by atoms with Crippen molar-refractivity contribution < 1.29 is 18.7 Å². The fraction of sp³-hybridized carbons (Fsp3) is 0.414. The summed E-state index contributed by atoms with van der Waals surface area (Å²) < 4.78 is 20.5. The number of ether oxygens (including phenoxy) is 1. The minimum atomic E-state index is -0.999. The molecule has 43 heavy (non-hydrogen) atoms. The third kappa shape index (κ3) is 5.82. The molecule has 0 saturated heterocycles. The van der Waals surface area contributed by atoms with E-state index in [1.54, 1.807) is 19.4 Å². The van der Waals surface area contributed by atoms with E-state index in [9.17, 15) is 14.0 Å². The number of amides is 2. The Bertz CT molecular complexity index is 1640. The Kier molecular flexibility index (Phi) is 7.61. The molecule has 4 aromatic rings. The van der Waals surface area contributed by atoms with Crippen LogP contribution in [0.2, 0.25) is 0 Å². The zero-order valence-electron chi connectivity index (χ0n) is 24.1. The predicted octanol–water partition coefficient (Wildman–Crippen LogP) is 3.78. The first-order valence-corrected chi connectivity index (χ1v) is 14.3. The number of H-pyrrole nitrogens is 1. The molecule has 2 amide bonds. The Hall–Kier alpha value is -4.72. The predicted molar refractivity (Wildman–Crippen MR) is 154 cm³/mol. The third-order valence-electron chi connectivity index (χ3n) is 8.20. The number of fused-ring (bicyclic) bond motifs is 1. The van der Waals surface area contributed by atoms with Crippen LogP contribution in [0, 0.1) is 12.7 Å². The lowest BCUT2D eigenvalue weighted by atomic mass is 9.77. The highest BCUT2D eigenvalue weighted by Gasteiger charge is 2.43. The summed E-state index contributed by atoms with van der Waals surface area (Å²) in [7, 11) is 1.56. The van der Waals surface area contributed by atoms with Crippen molar-refractivity contribution in [2.75, 3.05) is 17.7 Å². The van der Waals surface area contributed by atoms with E-state index in [-0.39, 0.29) is 23.8 Å². The van der Waals surface area contributed by atoms with Crippen molar-refractivity contribution >= 4 is 29.3 Å². The maximum atomic E-state index is 13.5. The summed E-state index contributed by atoms with van der Waals surface area (Å²) >= 11 is 0. The van der Waals surface area contributed by atoms with Crippen LogP contribution < -0.4 is 16.0 Å². The standard InChI is InChI=1S/C29H33FN10O3/c1-16-12-22(39-38-16)34-26-21-5-7-24(41)35-27(21)37-25(36-26)18-8-10-29(43-3,11-9-18)28(42)33-17(2)19-4-6-23(31-13-19)40-15-20(30)14-32-40/h4,6,12-15,17-18H,5,7-11H2,1-3H3,(H,33,42)(H3,34,35,36,37,38,39,41)/t17-,18?,29?/m0/s1. The van der Waals surface area contributed by atoms with Crippen molar-refractivity contribution in [3.63, 3.8) is 0 Å². The van der Waals surface area contributed by atoms with Crippen molar-refractivity contribution in [2.45, 2.75) is 69.9 Å². The number of hydrogen-bond donors (Lipinski definition) is 4. The maximum absolute atomic E-state index is 13.5. The normalized spacial score (nSPS) is 20.7. The molecule has 6 rings (SSSR count). The van der Waals surface area contributed by atoms with Gasteiger partial charge in [0.25, 0.3) is 5.91 Å². The molecule has 2 aliphatic rings. The molecule has 1 saturated carbocycles. The number of aromatic nitrogens is 7. The number of methoxy groups -OCH3 is 1. The number of aryl methyl sites for hydroxylation is 1. The summed E-state index contributed by atoms with van der Waals surface area (Å²) in [6.07, 6.45) is 7.09. The number of halogens is 1. The zero-order valence-corrected chi connectivity index (χ0v) is 24.1. The summed E-state index contributed by atoms with van der Waals surface area (Å²) in [5, 5.41) is 20.4. The highest BCUT2D eigenvalue weighted by molar-refractivity contribution is 5.94. The number of nitrogens with zero attached hydrogens (tertiary/aromatic N) is 6. The van der Waals surface area contributed by atoms with Gasteiger partial charge in [-0.1, -0.05) is 6.07 Å². The molecule has 13 nitrogen and oxygen atoms in total. The smallest absolute Gasteiger partial charge is 0.252 e. The molecule has 0 aromatic carbocycles. The molecular weight excluding hydrogens is 555 g/mol. The first kappa shape index (κ1) is 28.4. The molecule has 224 valence electrons. The average molecular weight is 589 g/mol. The molecule has 1 aliphatic heterocycles. The molecule has 0 radical (unpaired) electrons. The summed E-state index contributed by atoms with van der Waals surface area (Å²) in [5.74, 6) is 2.11. The van der Waals surface area contributed by atoms with Crippen LogP contribution in [0.4, 0.5) is 21.8 Å². The van der Waals surface area contributed by atoms with E-state index in [0.717, 1.165) is 23.0 Å². The van der Waals surface area contributed by atoms with Crippen LogP contribution in [0.15, 0.2) is 36.8 Å². The van der Waals surface area contributed by atoms with E-state index in [1.165, 1.54) is 10.9 Å². The number of rotatable bonds is 8. The number of nitrogens with one attached hydrogen (secondary N) is 4. The van der Waals surface area contributed by atoms with Gasteiger partial charge in [0.15, 0.2) is 17.5 Å². The zero-order chi connectivity index (χ0) is 30.1. The average Bonchev–Trinajstić information content (AvgIpc) is 3.64. The van der Waals surface area contributed by atoms with Gasteiger partial charge in [-0.05, 0) is 57.6 Å². The number of aromatic amines is 1. The SMILES string of the molecule is COC1(C(=O)N[C@@H](C)c2ccc(-n3cc(F)cn3)nc2)CCC(c2nc3c(c(Nc4cc(C)[nH]n4)n2)CCC(=O)N3)CC1. The summed E-state index contributed by atoms with van der Waals surface area (Å²) in [6.45, 7) is 3.79. The Morgan fingerprint density at radius 2 is 2.02 bits per heavy atom. The highest BCUT2D eigenvalue weighted by atomic mass is 19.1. The second-order valence-corrected chi connectivity index (χ2v) is 11.1. The van der Waals surface area contributed by atoms with Crippen molar-refractivity contribution in [3.05, 3.63) is 65.3 Å². The van der Waals surface area contributed by atoms with Gasteiger partial charge in [-0.2, -0.15) is 10.2 Å². The third-order valence-corrected chi connectivity index (χ3v) is 8.20. The molecule has 4 N–H and O–H groups in total. The van der Waals surface area contributed by atoms with Crippen LogP contribution in [0.1, 0.15) is 73.6 Å². The molecule has 5 heterocycles. The Balaban J connectivity index is 1.14. The van der Waals surface area contributed by atoms with E-state index in [1.807, 2.05) is 26.0 Å². The van der Waals surface area contributed by atoms with Crippen LogP contribution in [0.25, 0.3) is 5.82 Å². The van der Waals surface area contributed by atoms with E-state index in [4.69, 9.17) is 14.7 Å².